The van der Waals surface area contributed by atoms with E-state index in [1.807, 2.05) is 37.4 Å². The lowest BCUT2D eigenvalue weighted by atomic mass is 9.94. The van der Waals surface area contributed by atoms with Crippen molar-refractivity contribution in [2.45, 2.75) is 19.0 Å². The van der Waals surface area contributed by atoms with Crippen LogP contribution in [0.2, 0.25) is 0 Å². The van der Waals surface area contributed by atoms with Gasteiger partial charge in [0.15, 0.2) is 0 Å². The van der Waals surface area contributed by atoms with Crippen LogP contribution in [0, 0.1) is 5.92 Å². The van der Waals surface area contributed by atoms with Gasteiger partial charge >= 0.3 is 6.03 Å². The highest BCUT2D eigenvalue weighted by Crippen LogP contribution is 2.36. The molecule has 3 rings (SSSR count). The van der Waals surface area contributed by atoms with Crippen LogP contribution >= 0.6 is 0 Å². The molecule has 126 valence electrons. The number of likely N-dealkylation sites (tertiary alicyclic amines) is 1. The molecule has 1 aliphatic heterocycles. The highest BCUT2D eigenvalue weighted by molar-refractivity contribution is 5.80. The smallest absolute Gasteiger partial charge is 0.315 e. The largest absolute Gasteiger partial charge is 0.467 e. The van der Waals surface area contributed by atoms with Gasteiger partial charge in [-0.3, -0.25) is 4.79 Å². The van der Waals surface area contributed by atoms with E-state index in [4.69, 9.17) is 4.42 Å². The van der Waals surface area contributed by atoms with Gasteiger partial charge in [-0.25, -0.2) is 4.79 Å². The number of carbonyl (C=O) groups is 2. The van der Waals surface area contributed by atoms with Crippen molar-refractivity contribution in [3.05, 3.63) is 60.1 Å². The van der Waals surface area contributed by atoms with Crippen molar-refractivity contribution in [3.63, 3.8) is 0 Å². The second-order valence-electron chi connectivity index (χ2n) is 5.97. The van der Waals surface area contributed by atoms with Gasteiger partial charge in [0.05, 0.1) is 18.8 Å². The third kappa shape index (κ3) is 3.59. The summed E-state index contributed by atoms with van der Waals surface area (Å²) in [7, 11) is 1.82. The Morgan fingerprint density at radius 1 is 1.21 bits per heavy atom. The third-order valence-corrected chi connectivity index (χ3v) is 4.36. The lowest BCUT2D eigenvalue weighted by Crippen LogP contribution is -2.39. The molecule has 2 aromatic rings. The summed E-state index contributed by atoms with van der Waals surface area (Å²) in [6.45, 7) is 0.782. The summed E-state index contributed by atoms with van der Waals surface area (Å²) >= 11 is 0. The summed E-state index contributed by atoms with van der Waals surface area (Å²) in [5.41, 5.74) is 1.09. The molecule has 1 aromatic heterocycles. The van der Waals surface area contributed by atoms with Crippen LogP contribution in [0.3, 0.4) is 0 Å². The Hall–Kier alpha value is -2.76. The van der Waals surface area contributed by atoms with Gasteiger partial charge in [0.1, 0.15) is 5.76 Å². The van der Waals surface area contributed by atoms with Crippen LogP contribution in [0.5, 0.6) is 0 Å². The van der Waals surface area contributed by atoms with Crippen molar-refractivity contribution >= 4 is 11.9 Å². The lowest BCUT2D eigenvalue weighted by molar-refractivity contribution is -0.127. The molecule has 0 spiro atoms. The van der Waals surface area contributed by atoms with Crippen molar-refractivity contribution in [2.24, 2.45) is 5.92 Å². The number of benzene rings is 1. The summed E-state index contributed by atoms with van der Waals surface area (Å²) in [5.74, 6) is 0.856. The predicted octanol–water partition coefficient (Wildman–Crippen LogP) is 2.30. The number of carbonyl (C=O) groups excluding carboxylic acids is 2. The fraction of sp³-hybridized carbons (Fsp3) is 0.333. The van der Waals surface area contributed by atoms with E-state index in [1.54, 1.807) is 23.3 Å². The van der Waals surface area contributed by atoms with Gasteiger partial charge < -0.3 is 20.0 Å². The van der Waals surface area contributed by atoms with Crippen LogP contribution in [0.25, 0.3) is 0 Å². The lowest BCUT2D eigenvalue weighted by Gasteiger charge is -2.25. The topological polar surface area (TPSA) is 74.6 Å². The van der Waals surface area contributed by atoms with E-state index in [2.05, 4.69) is 10.6 Å². The quantitative estimate of drug-likeness (QED) is 0.885. The SMILES string of the molecule is CN1C(=O)C[C@H](CNC(=O)NCc2ccco2)[C@@H]1c1ccccc1. The van der Waals surface area contributed by atoms with Gasteiger partial charge in [0, 0.05) is 25.9 Å². The summed E-state index contributed by atoms with van der Waals surface area (Å²) in [6, 6.07) is 13.2. The molecule has 0 radical (unpaired) electrons. The standard InChI is InChI=1S/C18H21N3O3/c1-21-16(22)10-14(17(21)13-6-3-2-4-7-13)11-19-18(23)20-12-15-8-5-9-24-15/h2-9,14,17H,10-12H2,1H3,(H2,19,20,23)/t14-,17+/m1/s1. The first-order valence-electron chi connectivity index (χ1n) is 8.00. The van der Waals surface area contributed by atoms with Gasteiger partial charge in [0.2, 0.25) is 5.91 Å². The number of nitrogens with one attached hydrogen (secondary N) is 2. The van der Waals surface area contributed by atoms with E-state index >= 15 is 0 Å². The summed E-state index contributed by atoms with van der Waals surface area (Å²) in [5, 5.41) is 5.60. The number of hydrogen-bond donors (Lipinski definition) is 2. The minimum Gasteiger partial charge on any atom is -0.467 e. The van der Waals surface area contributed by atoms with E-state index in [1.165, 1.54) is 0 Å². The Labute approximate surface area is 140 Å². The van der Waals surface area contributed by atoms with Crippen LogP contribution in [-0.4, -0.2) is 30.4 Å². The van der Waals surface area contributed by atoms with Crippen LogP contribution in [0.15, 0.2) is 53.1 Å². The molecule has 2 heterocycles. The molecule has 2 N–H and O–H groups in total. The molecule has 6 heteroatoms. The average Bonchev–Trinajstić information content (AvgIpc) is 3.21. The summed E-state index contributed by atoms with van der Waals surface area (Å²) in [6.07, 6.45) is 2.01. The second kappa shape index (κ2) is 7.21. The first-order valence-corrected chi connectivity index (χ1v) is 8.00. The van der Waals surface area contributed by atoms with Crippen molar-refractivity contribution in [1.82, 2.24) is 15.5 Å². The van der Waals surface area contributed by atoms with E-state index in [0.29, 0.717) is 25.3 Å². The third-order valence-electron chi connectivity index (χ3n) is 4.36. The molecular formula is C18H21N3O3. The fourth-order valence-electron chi connectivity index (χ4n) is 3.15. The molecule has 0 bridgehead atoms. The van der Waals surface area contributed by atoms with Crippen molar-refractivity contribution < 1.29 is 14.0 Å². The Bertz CT molecular complexity index is 685. The van der Waals surface area contributed by atoms with E-state index in [-0.39, 0.29) is 23.9 Å². The van der Waals surface area contributed by atoms with Crippen LogP contribution in [-0.2, 0) is 11.3 Å². The first-order chi connectivity index (χ1) is 11.6. The molecule has 1 fully saturated rings. The van der Waals surface area contributed by atoms with E-state index in [0.717, 1.165) is 5.56 Å². The zero-order chi connectivity index (χ0) is 16.9. The van der Waals surface area contributed by atoms with Gasteiger partial charge in [-0.2, -0.15) is 0 Å². The van der Waals surface area contributed by atoms with Gasteiger partial charge in [-0.15, -0.1) is 0 Å². The monoisotopic (exact) mass is 327 g/mol. The maximum Gasteiger partial charge on any atom is 0.315 e. The highest BCUT2D eigenvalue weighted by Gasteiger charge is 2.38. The molecule has 6 nitrogen and oxygen atoms in total. The zero-order valence-electron chi connectivity index (χ0n) is 13.6. The normalized spacial score (nSPS) is 20.2. The zero-order valence-corrected chi connectivity index (χ0v) is 13.6. The molecule has 2 atom stereocenters. The molecule has 0 aliphatic carbocycles. The van der Waals surface area contributed by atoms with Crippen molar-refractivity contribution in [2.75, 3.05) is 13.6 Å². The summed E-state index contributed by atoms with van der Waals surface area (Å²) < 4.78 is 5.17. The van der Waals surface area contributed by atoms with Gasteiger partial charge in [-0.1, -0.05) is 30.3 Å². The van der Waals surface area contributed by atoms with Crippen LogP contribution in [0.1, 0.15) is 23.8 Å². The number of amides is 3. The Morgan fingerprint density at radius 2 is 2.00 bits per heavy atom. The number of hydrogen-bond acceptors (Lipinski definition) is 3. The maximum atomic E-state index is 12.1. The number of nitrogens with zero attached hydrogens (tertiary/aromatic N) is 1. The molecule has 1 aliphatic rings. The van der Waals surface area contributed by atoms with Crippen molar-refractivity contribution in [1.29, 1.82) is 0 Å². The van der Waals surface area contributed by atoms with Crippen LogP contribution < -0.4 is 10.6 Å². The van der Waals surface area contributed by atoms with Crippen molar-refractivity contribution in [3.8, 4) is 0 Å². The molecule has 0 unspecified atom stereocenters. The Morgan fingerprint density at radius 3 is 2.71 bits per heavy atom. The van der Waals surface area contributed by atoms with Gasteiger partial charge in [-0.05, 0) is 17.7 Å². The van der Waals surface area contributed by atoms with Gasteiger partial charge in [0.25, 0.3) is 0 Å². The minimum atomic E-state index is -0.264. The van der Waals surface area contributed by atoms with Crippen LogP contribution in [0.4, 0.5) is 4.79 Å². The molecule has 24 heavy (non-hydrogen) atoms. The molecule has 0 saturated carbocycles. The van der Waals surface area contributed by atoms with E-state index in [9.17, 15) is 9.59 Å². The Kier molecular flexibility index (Phi) is 4.84. The second-order valence-corrected chi connectivity index (χ2v) is 5.97. The number of rotatable bonds is 5. The average molecular weight is 327 g/mol. The maximum absolute atomic E-state index is 12.1. The Balaban J connectivity index is 1.57. The molecule has 3 amide bonds. The summed E-state index contributed by atoms with van der Waals surface area (Å²) in [4.78, 5) is 25.8. The molecule has 1 aromatic carbocycles. The number of urea groups is 1. The predicted molar refractivity (Wildman–Crippen MR) is 89.0 cm³/mol. The first kappa shape index (κ1) is 16.1. The van der Waals surface area contributed by atoms with E-state index < -0.39 is 0 Å². The minimum absolute atomic E-state index is 0.0101. The molecular weight excluding hydrogens is 306 g/mol. The molecule has 1 saturated heterocycles. The fourth-order valence-corrected chi connectivity index (χ4v) is 3.15. The number of furan rings is 1. The highest BCUT2D eigenvalue weighted by atomic mass is 16.3.